The molecule has 1 aromatic rings. The summed E-state index contributed by atoms with van der Waals surface area (Å²) in [5, 5.41) is 18.5. The Kier molecular flexibility index (Phi) is 9.94. The average molecular weight is 427 g/mol. The summed E-state index contributed by atoms with van der Waals surface area (Å²) in [6.07, 6.45) is 5.57. The first kappa shape index (κ1) is 23.7. The third kappa shape index (κ3) is 7.62. The molecule has 1 saturated heterocycles. The van der Waals surface area contributed by atoms with E-state index in [9.17, 15) is 0 Å². The number of piperidine rings is 1. The quantitative estimate of drug-likeness (QED) is 0.424. The Morgan fingerprint density at radius 3 is 2.45 bits per heavy atom. The number of carbonyl (C=O) groups excluding carboxylic acids is 2. The highest BCUT2D eigenvalue weighted by Gasteiger charge is 2.25. The van der Waals surface area contributed by atoms with Crippen LogP contribution in [0.15, 0.2) is 12.1 Å². The van der Waals surface area contributed by atoms with Gasteiger partial charge in [0.1, 0.15) is 0 Å². The SMILES string of the molecule is NC(CCCCB(O)O)C1CCN(Cc2cc3c(cc2Cl)OCO3)CC1.O=C=O. The Labute approximate surface area is 176 Å². The standard InChI is InChI=1S/C18H28BClN2O4.CO2/c20-15-10-18-17(25-12-26-18)9-14(15)11-22-7-4-13(5-8-22)16(21)3-1-2-6-19(23)24;2-1-3/h9-10,13,16,23-24H,1-8,11-12,21H2;. The molecule has 3 rings (SSSR count). The van der Waals surface area contributed by atoms with Crippen LogP contribution in [0.4, 0.5) is 0 Å². The third-order valence-corrected chi connectivity index (χ3v) is 5.77. The first-order valence-electron chi connectivity index (χ1n) is 9.86. The molecule has 160 valence electrons. The molecule has 1 fully saturated rings. The second kappa shape index (κ2) is 12.2. The van der Waals surface area contributed by atoms with Crippen molar-refractivity contribution in [3.8, 4) is 11.5 Å². The lowest BCUT2D eigenvalue weighted by Gasteiger charge is -2.35. The van der Waals surface area contributed by atoms with Gasteiger partial charge in [0.2, 0.25) is 6.79 Å². The minimum atomic E-state index is -1.20. The lowest BCUT2D eigenvalue weighted by molar-refractivity contribution is -0.191. The Morgan fingerprint density at radius 2 is 1.83 bits per heavy atom. The minimum Gasteiger partial charge on any atom is -0.454 e. The fraction of sp³-hybridized carbons (Fsp3) is 0.632. The van der Waals surface area contributed by atoms with Crippen molar-refractivity contribution in [2.75, 3.05) is 19.9 Å². The summed E-state index contributed by atoms with van der Waals surface area (Å²) in [6, 6.07) is 4.02. The number of unbranched alkanes of at least 4 members (excludes halogenated alkanes) is 1. The lowest BCUT2D eigenvalue weighted by Crippen LogP contribution is -2.40. The molecule has 0 aromatic heterocycles. The van der Waals surface area contributed by atoms with Gasteiger partial charge in [-0.3, -0.25) is 4.90 Å². The van der Waals surface area contributed by atoms with Gasteiger partial charge < -0.3 is 25.3 Å². The van der Waals surface area contributed by atoms with E-state index in [-0.39, 0.29) is 19.0 Å². The average Bonchev–Trinajstić information content (AvgIpc) is 3.13. The topological polar surface area (TPSA) is 122 Å². The molecule has 29 heavy (non-hydrogen) atoms. The Morgan fingerprint density at radius 1 is 1.21 bits per heavy atom. The van der Waals surface area contributed by atoms with Gasteiger partial charge in [0.15, 0.2) is 11.5 Å². The van der Waals surface area contributed by atoms with Crippen LogP contribution in [0, 0.1) is 5.92 Å². The number of nitrogens with zero attached hydrogens (tertiary/aromatic N) is 1. The molecule has 0 spiro atoms. The van der Waals surface area contributed by atoms with Crippen molar-refractivity contribution in [1.29, 1.82) is 0 Å². The van der Waals surface area contributed by atoms with E-state index in [4.69, 9.17) is 46.4 Å². The molecule has 0 radical (unpaired) electrons. The number of benzene rings is 1. The van der Waals surface area contributed by atoms with E-state index in [1.807, 2.05) is 12.1 Å². The maximum atomic E-state index is 8.88. The molecule has 0 bridgehead atoms. The minimum absolute atomic E-state index is 0.196. The number of likely N-dealkylation sites (tertiary alicyclic amines) is 1. The Hall–Kier alpha value is -1.61. The molecule has 4 N–H and O–H groups in total. The summed E-state index contributed by atoms with van der Waals surface area (Å²) < 4.78 is 10.8. The number of nitrogens with two attached hydrogens (primary N) is 1. The van der Waals surface area contributed by atoms with Crippen LogP contribution in [-0.4, -0.2) is 54.1 Å². The highest BCUT2D eigenvalue weighted by molar-refractivity contribution is 6.40. The molecule has 1 unspecified atom stereocenters. The monoisotopic (exact) mass is 426 g/mol. The Balaban J connectivity index is 0.000000941. The normalized spacial score (nSPS) is 17.2. The van der Waals surface area contributed by atoms with E-state index >= 15 is 0 Å². The number of hydrogen-bond donors (Lipinski definition) is 3. The zero-order chi connectivity index (χ0) is 21.2. The third-order valence-electron chi connectivity index (χ3n) is 5.42. The van der Waals surface area contributed by atoms with Crippen LogP contribution in [0.25, 0.3) is 0 Å². The lowest BCUT2D eigenvalue weighted by atomic mass is 9.82. The first-order valence-corrected chi connectivity index (χ1v) is 10.2. The number of hydrogen-bond acceptors (Lipinski definition) is 8. The smallest absolute Gasteiger partial charge is 0.451 e. The molecule has 8 nitrogen and oxygen atoms in total. The molecule has 0 saturated carbocycles. The van der Waals surface area contributed by atoms with E-state index in [0.29, 0.717) is 12.2 Å². The summed E-state index contributed by atoms with van der Waals surface area (Å²) in [4.78, 5) is 18.7. The van der Waals surface area contributed by atoms with Crippen molar-refractivity contribution in [2.24, 2.45) is 11.7 Å². The summed E-state index contributed by atoms with van der Waals surface area (Å²) >= 11 is 6.38. The van der Waals surface area contributed by atoms with Crippen LogP contribution >= 0.6 is 11.6 Å². The maximum absolute atomic E-state index is 8.88. The molecule has 0 amide bonds. The van der Waals surface area contributed by atoms with Crippen molar-refractivity contribution < 1.29 is 29.1 Å². The summed E-state index contributed by atoms with van der Waals surface area (Å²) in [6.45, 7) is 3.10. The van der Waals surface area contributed by atoms with Crippen LogP contribution in [-0.2, 0) is 16.1 Å². The molecule has 2 heterocycles. The van der Waals surface area contributed by atoms with Crippen molar-refractivity contribution in [3.63, 3.8) is 0 Å². The molecule has 1 atom stereocenters. The summed E-state index contributed by atoms with van der Waals surface area (Å²) in [7, 11) is -1.20. The van der Waals surface area contributed by atoms with Gasteiger partial charge in [0.05, 0.1) is 0 Å². The second-order valence-electron chi connectivity index (χ2n) is 7.42. The van der Waals surface area contributed by atoms with Gasteiger partial charge in [0, 0.05) is 23.7 Å². The maximum Gasteiger partial charge on any atom is 0.451 e. The van der Waals surface area contributed by atoms with E-state index < -0.39 is 7.12 Å². The Bertz CT molecular complexity index is 679. The van der Waals surface area contributed by atoms with Crippen molar-refractivity contribution in [3.05, 3.63) is 22.7 Å². The van der Waals surface area contributed by atoms with Gasteiger partial charge in [-0.2, -0.15) is 9.59 Å². The van der Waals surface area contributed by atoms with Crippen LogP contribution in [0.3, 0.4) is 0 Å². The van der Waals surface area contributed by atoms with Crippen LogP contribution in [0.1, 0.15) is 37.7 Å². The van der Waals surface area contributed by atoms with Gasteiger partial charge in [-0.25, -0.2) is 0 Å². The van der Waals surface area contributed by atoms with Crippen LogP contribution in [0.5, 0.6) is 11.5 Å². The number of fused-ring (bicyclic) bond motifs is 1. The molecular formula is C19H28BClN2O6. The van der Waals surface area contributed by atoms with E-state index in [0.717, 1.165) is 73.8 Å². The number of ether oxygens (including phenoxy) is 2. The first-order chi connectivity index (χ1) is 13.9. The van der Waals surface area contributed by atoms with Crippen molar-refractivity contribution in [2.45, 2.75) is 51.0 Å². The summed E-state index contributed by atoms with van der Waals surface area (Å²) in [5.74, 6) is 2.03. The zero-order valence-corrected chi connectivity index (χ0v) is 17.1. The van der Waals surface area contributed by atoms with E-state index in [1.165, 1.54) is 0 Å². The predicted molar refractivity (Wildman–Crippen MR) is 107 cm³/mol. The molecule has 0 aliphatic carbocycles. The summed E-state index contributed by atoms with van der Waals surface area (Å²) in [5.41, 5.74) is 7.42. The van der Waals surface area contributed by atoms with Gasteiger partial charge in [-0.15, -0.1) is 0 Å². The molecular weight excluding hydrogens is 398 g/mol. The van der Waals surface area contributed by atoms with Crippen LogP contribution < -0.4 is 15.2 Å². The number of rotatable bonds is 8. The second-order valence-corrected chi connectivity index (χ2v) is 7.83. The highest BCUT2D eigenvalue weighted by atomic mass is 35.5. The van der Waals surface area contributed by atoms with Gasteiger partial charge >= 0.3 is 13.3 Å². The van der Waals surface area contributed by atoms with E-state index in [2.05, 4.69) is 4.90 Å². The van der Waals surface area contributed by atoms with Gasteiger partial charge in [0.25, 0.3) is 0 Å². The van der Waals surface area contributed by atoms with Crippen molar-refractivity contribution in [1.82, 2.24) is 4.90 Å². The van der Waals surface area contributed by atoms with Gasteiger partial charge in [-0.1, -0.05) is 24.4 Å². The zero-order valence-electron chi connectivity index (χ0n) is 16.4. The fourth-order valence-corrected chi connectivity index (χ4v) is 4.02. The molecule has 1 aromatic carbocycles. The highest BCUT2D eigenvalue weighted by Crippen LogP contribution is 2.37. The molecule has 2 aliphatic heterocycles. The molecule has 2 aliphatic rings. The van der Waals surface area contributed by atoms with Crippen LogP contribution in [0.2, 0.25) is 11.3 Å². The van der Waals surface area contributed by atoms with E-state index in [1.54, 1.807) is 0 Å². The fourth-order valence-electron chi connectivity index (χ4n) is 3.80. The van der Waals surface area contributed by atoms with Crippen molar-refractivity contribution >= 4 is 24.9 Å². The molecule has 10 heteroatoms. The number of halogens is 1. The van der Waals surface area contributed by atoms with Gasteiger partial charge in [-0.05, 0) is 56.2 Å². The largest absolute Gasteiger partial charge is 0.454 e. The predicted octanol–water partition coefficient (Wildman–Crippen LogP) is 1.67.